The molecule has 29 heavy (non-hydrogen) atoms. The lowest BCUT2D eigenvalue weighted by Crippen LogP contribution is -2.21. The number of hydrogen-bond donors (Lipinski definition) is 1. The Hall–Kier alpha value is -2.54. The fraction of sp³-hybridized carbons (Fsp3) is 0.409. The number of benzene rings is 1. The van der Waals surface area contributed by atoms with Gasteiger partial charge in [0.2, 0.25) is 0 Å². The van der Waals surface area contributed by atoms with Crippen LogP contribution in [0.1, 0.15) is 26.2 Å². The van der Waals surface area contributed by atoms with Crippen molar-refractivity contribution < 1.29 is 8.42 Å². The number of fused-ring (bicyclic) bond motifs is 1. The maximum absolute atomic E-state index is 12.6. The molecule has 3 heterocycles. The van der Waals surface area contributed by atoms with Crippen LogP contribution in [0.25, 0.3) is 22.0 Å². The van der Waals surface area contributed by atoms with Crippen LogP contribution in [0.3, 0.4) is 0 Å². The standard InChI is InChI=1S/C22H25N3O3S/c1-3-29(27,28)15-4-5-19(25-11-9-22(14-25)7-8-22)17(12-15)18-13-24(2)21(26)20-16(18)6-10-23-20/h4-6,10,12-13,23H,3,7-9,11,14H2,1-2H3. The molecule has 0 radical (unpaired) electrons. The van der Waals surface area contributed by atoms with E-state index in [1.807, 2.05) is 18.3 Å². The van der Waals surface area contributed by atoms with E-state index in [1.165, 1.54) is 19.3 Å². The van der Waals surface area contributed by atoms with E-state index in [4.69, 9.17) is 0 Å². The van der Waals surface area contributed by atoms with Crippen LogP contribution in [-0.2, 0) is 16.9 Å². The van der Waals surface area contributed by atoms with Gasteiger partial charge in [-0.05, 0) is 48.9 Å². The molecule has 7 heteroatoms. The predicted octanol–water partition coefficient (Wildman–Crippen LogP) is 3.32. The number of aromatic nitrogens is 2. The summed E-state index contributed by atoms with van der Waals surface area (Å²) in [5, 5.41) is 0.820. The Morgan fingerprint density at radius 2 is 1.93 bits per heavy atom. The fourth-order valence-electron chi connectivity index (χ4n) is 4.58. The number of hydrogen-bond acceptors (Lipinski definition) is 4. The Labute approximate surface area is 170 Å². The molecule has 0 bridgehead atoms. The van der Waals surface area contributed by atoms with Crippen molar-refractivity contribution in [2.24, 2.45) is 12.5 Å². The Balaban J connectivity index is 1.76. The van der Waals surface area contributed by atoms with E-state index in [9.17, 15) is 13.2 Å². The van der Waals surface area contributed by atoms with Crippen LogP contribution in [0, 0.1) is 5.41 Å². The largest absolute Gasteiger partial charge is 0.370 e. The summed E-state index contributed by atoms with van der Waals surface area (Å²) in [5.74, 6) is 0.0610. The monoisotopic (exact) mass is 411 g/mol. The molecule has 2 aromatic heterocycles. The molecular formula is C22H25N3O3S. The summed E-state index contributed by atoms with van der Waals surface area (Å²) in [7, 11) is -1.60. The molecule has 0 unspecified atom stereocenters. The zero-order valence-corrected chi connectivity index (χ0v) is 17.6. The Morgan fingerprint density at radius 3 is 2.62 bits per heavy atom. The quantitative estimate of drug-likeness (QED) is 0.715. The molecular weight excluding hydrogens is 386 g/mol. The lowest BCUT2D eigenvalue weighted by atomic mass is 10.0. The predicted molar refractivity (Wildman–Crippen MR) is 115 cm³/mol. The highest BCUT2D eigenvalue weighted by Crippen LogP contribution is 2.54. The second-order valence-electron chi connectivity index (χ2n) is 8.48. The number of aryl methyl sites for hydroxylation is 1. The summed E-state index contributed by atoms with van der Waals surface area (Å²) in [5.41, 5.74) is 3.70. The van der Waals surface area contributed by atoms with Gasteiger partial charge in [0.05, 0.1) is 10.6 Å². The van der Waals surface area contributed by atoms with Crippen LogP contribution in [0.4, 0.5) is 5.69 Å². The summed E-state index contributed by atoms with van der Waals surface area (Å²) >= 11 is 0. The molecule has 0 atom stereocenters. The van der Waals surface area contributed by atoms with E-state index in [2.05, 4.69) is 9.88 Å². The van der Waals surface area contributed by atoms with Crippen molar-refractivity contribution in [3.8, 4) is 11.1 Å². The highest BCUT2D eigenvalue weighted by Gasteiger charge is 2.48. The van der Waals surface area contributed by atoms with E-state index in [0.717, 1.165) is 35.3 Å². The molecule has 0 amide bonds. The first-order chi connectivity index (χ1) is 13.8. The lowest BCUT2D eigenvalue weighted by Gasteiger charge is -2.23. The van der Waals surface area contributed by atoms with Crippen LogP contribution in [0.5, 0.6) is 0 Å². The topological polar surface area (TPSA) is 75.2 Å². The van der Waals surface area contributed by atoms with Gasteiger partial charge in [-0.2, -0.15) is 0 Å². The summed E-state index contributed by atoms with van der Waals surface area (Å²) < 4.78 is 26.7. The molecule has 1 saturated carbocycles. The summed E-state index contributed by atoms with van der Waals surface area (Å²) in [4.78, 5) is 18.3. The van der Waals surface area contributed by atoms with E-state index in [-0.39, 0.29) is 11.3 Å². The number of anilines is 1. The number of rotatable bonds is 4. The van der Waals surface area contributed by atoms with Crippen molar-refractivity contribution in [2.45, 2.75) is 31.1 Å². The molecule has 1 spiro atoms. The molecule has 3 aromatic rings. The summed E-state index contributed by atoms with van der Waals surface area (Å²) in [6, 6.07) is 7.36. The van der Waals surface area contributed by atoms with Gasteiger partial charge in [-0.3, -0.25) is 4.79 Å². The van der Waals surface area contributed by atoms with Crippen molar-refractivity contribution in [3.05, 3.63) is 47.0 Å². The third-order valence-electron chi connectivity index (χ3n) is 6.63. The molecule has 1 aromatic carbocycles. The van der Waals surface area contributed by atoms with Gasteiger partial charge in [-0.15, -0.1) is 0 Å². The van der Waals surface area contributed by atoms with Gasteiger partial charge < -0.3 is 14.5 Å². The van der Waals surface area contributed by atoms with Gasteiger partial charge in [0.1, 0.15) is 5.52 Å². The second-order valence-corrected chi connectivity index (χ2v) is 10.8. The third-order valence-corrected chi connectivity index (χ3v) is 8.36. The first-order valence-electron chi connectivity index (χ1n) is 10.1. The number of sulfone groups is 1. The van der Waals surface area contributed by atoms with Crippen LogP contribution in [0.15, 0.2) is 46.3 Å². The Morgan fingerprint density at radius 1 is 1.14 bits per heavy atom. The van der Waals surface area contributed by atoms with Crippen molar-refractivity contribution in [2.75, 3.05) is 23.7 Å². The molecule has 1 saturated heterocycles. The average Bonchev–Trinajstić information content (AvgIpc) is 3.11. The van der Waals surface area contributed by atoms with Crippen LogP contribution in [-0.4, -0.2) is 36.8 Å². The number of aromatic amines is 1. The fourth-order valence-corrected chi connectivity index (χ4v) is 5.48. The molecule has 152 valence electrons. The van der Waals surface area contributed by atoms with E-state index in [0.29, 0.717) is 15.8 Å². The van der Waals surface area contributed by atoms with Gasteiger partial charge in [-0.25, -0.2) is 8.42 Å². The van der Waals surface area contributed by atoms with E-state index >= 15 is 0 Å². The summed E-state index contributed by atoms with van der Waals surface area (Å²) in [6.45, 7) is 3.66. The van der Waals surface area contributed by atoms with Crippen molar-refractivity contribution in [1.82, 2.24) is 9.55 Å². The lowest BCUT2D eigenvalue weighted by molar-refractivity contribution is 0.581. The molecule has 1 N–H and O–H groups in total. The Bertz CT molecular complexity index is 1280. The zero-order chi connectivity index (χ0) is 20.4. The van der Waals surface area contributed by atoms with Gasteiger partial charge in [-0.1, -0.05) is 6.92 Å². The number of pyridine rings is 1. The first-order valence-corrected chi connectivity index (χ1v) is 11.8. The smallest absolute Gasteiger partial charge is 0.274 e. The minimum Gasteiger partial charge on any atom is -0.370 e. The highest BCUT2D eigenvalue weighted by atomic mass is 32.2. The minimum atomic E-state index is -3.33. The minimum absolute atomic E-state index is 0.0610. The van der Waals surface area contributed by atoms with Gasteiger partial charge >= 0.3 is 0 Å². The SMILES string of the molecule is CCS(=O)(=O)c1ccc(N2CCC3(CC3)C2)c(-c2cn(C)c(=O)c3[nH]ccc23)c1. The first kappa shape index (κ1) is 18.5. The number of nitrogens with one attached hydrogen (secondary N) is 1. The van der Waals surface area contributed by atoms with Gasteiger partial charge in [0, 0.05) is 54.7 Å². The van der Waals surface area contributed by atoms with Crippen LogP contribution in [0.2, 0.25) is 0 Å². The van der Waals surface area contributed by atoms with Crippen LogP contribution >= 0.6 is 0 Å². The van der Waals surface area contributed by atoms with Crippen molar-refractivity contribution in [3.63, 3.8) is 0 Å². The molecule has 6 nitrogen and oxygen atoms in total. The molecule has 1 aliphatic heterocycles. The normalized spacial score (nSPS) is 18.1. The maximum atomic E-state index is 12.6. The Kier molecular flexibility index (Phi) is 3.97. The van der Waals surface area contributed by atoms with E-state index in [1.54, 1.807) is 36.9 Å². The zero-order valence-electron chi connectivity index (χ0n) is 16.7. The summed E-state index contributed by atoms with van der Waals surface area (Å²) in [6.07, 6.45) is 7.33. The van der Waals surface area contributed by atoms with Crippen molar-refractivity contribution in [1.29, 1.82) is 0 Å². The average molecular weight is 412 g/mol. The molecule has 1 aliphatic carbocycles. The maximum Gasteiger partial charge on any atom is 0.274 e. The molecule has 2 fully saturated rings. The van der Waals surface area contributed by atoms with Crippen LogP contribution < -0.4 is 10.5 Å². The third kappa shape index (κ3) is 2.90. The highest BCUT2D eigenvalue weighted by molar-refractivity contribution is 7.91. The van der Waals surface area contributed by atoms with Gasteiger partial charge in [0.15, 0.2) is 9.84 Å². The molecule has 5 rings (SSSR count). The van der Waals surface area contributed by atoms with Crippen molar-refractivity contribution >= 4 is 26.4 Å². The number of nitrogens with zero attached hydrogens (tertiary/aromatic N) is 2. The molecule has 2 aliphatic rings. The number of H-pyrrole nitrogens is 1. The second kappa shape index (κ2) is 6.23. The van der Waals surface area contributed by atoms with E-state index < -0.39 is 9.84 Å². The van der Waals surface area contributed by atoms with Gasteiger partial charge in [0.25, 0.3) is 5.56 Å².